The largest absolute Gasteiger partial charge is 0.375 e. The van der Waals surface area contributed by atoms with Gasteiger partial charge in [-0.3, -0.25) is 4.90 Å². The number of likely N-dealkylation sites (N-methyl/N-ethyl adjacent to an activating group) is 1. The highest BCUT2D eigenvalue weighted by molar-refractivity contribution is 4.95. The van der Waals surface area contributed by atoms with Crippen LogP contribution < -0.4 is 0 Å². The lowest BCUT2D eigenvalue weighted by Gasteiger charge is -2.28. The molecule has 0 saturated carbocycles. The minimum Gasteiger partial charge on any atom is -0.375 e. The van der Waals surface area contributed by atoms with Crippen LogP contribution in [0.5, 0.6) is 0 Å². The Morgan fingerprint density at radius 3 is 2.67 bits per heavy atom. The number of morpholine rings is 1. The molecule has 2 rings (SSSR count). The van der Waals surface area contributed by atoms with Crippen LogP contribution in [0.15, 0.2) is 0 Å². The van der Waals surface area contributed by atoms with Crippen LogP contribution >= 0.6 is 0 Å². The lowest BCUT2D eigenvalue weighted by atomic mass is 10.2. The third-order valence-electron chi connectivity index (χ3n) is 2.76. The fourth-order valence-corrected chi connectivity index (χ4v) is 1.85. The Kier molecular flexibility index (Phi) is 1.08. The first kappa shape index (κ1) is 5.69. The lowest BCUT2D eigenvalue weighted by Crippen LogP contribution is -2.40. The van der Waals surface area contributed by atoms with E-state index in [2.05, 4.69) is 18.9 Å². The molecule has 0 radical (unpaired) electrons. The first-order valence-corrected chi connectivity index (χ1v) is 3.62. The topological polar surface area (TPSA) is 12.5 Å². The molecule has 0 aromatic carbocycles. The number of hydrogen-bond donors (Lipinski definition) is 0. The van der Waals surface area contributed by atoms with E-state index in [0.29, 0.717) is 12.1 Å². The Morgan fingerprint density at radius 2 is 2.33 bits per heavy atom. The molecule has 0 spiro atoms. The molecule has 2 nitrogen and oxygen atoms in total. The van der Waals surface area contributed by atoms with Gasteiger partial charge in [0.05, 0.1) is 12.7 Å². The van der Waals surface area contributed by atoms with Gasteiger partial charge in [0.1, 0.15) is 0 Å². The third-order valence-corrected chi connectivity index (χ3v) is 2.76. The van der Waals surface area contributed by atoms with E-state index in [1.165, 1.54) is 6.42 Å². The van der Waals surface area contributed by atoms with Gasteiger partial charge in [0.15, 0.2) is 0 Å². The van der Waals surface area contributed by atoms with Gasteiger partial charge < -0.3 is 4.74 Å². The fraction of sp³-hybridized carbons (Fsp3) is 1.00. The van der Waals surface area contributed by atoms with E-state index in [9.17, 15) is 0 Å². The van der Waals surface area contributed by atoms with Crippen LogP contribution in [-0.4, -0.2) is 36.7 Å². The quantitative estimate of drug-likeness (QED) is 0.469. The summed E-state index contributed by atoms with van der Waals surface area (Å²) in [4.78, 5) is 2.42. The molecule has 2 bridgehead atoms. The number of nitrogens with zero attached hydrogens (tertiary/aromatic N) is 1. The molecular formula is C7H13NO. The van der Waals surface area contributed by atoms with Crippen molar-refractivity contribution in [3.8, 4) is 0 Å². The summed E-state index contributed by atoms with van der Waals surface area (Å²) in [6, 6.07) is 1.38. The number of rotatable bonds is 0. The maximum Gasteiger partial charge on any atom is 0.0744 e. The van der Waals surface area contributed by atoms with Gasteiger partial charge in [0, 0.05) is 12.1 Å². The van der Waals surface area contributed by atoms with Gasteiger partial charge >= 0.3 is 0 Å². The average Bonchev–Trinajstić information content (AvgIpc) is 2.37. The first-order valence-electron chi connectivity index (χ1n) is 3.62. The maximum atomic E-state index is 5.49. The molecule has 0 amide bonds. The van der Waals surface area contributed by atoms with Crippen LogP contribution in [0.4, 0.5) is 0 Å². The fourth-order valence-electron chi connectivity index (χ4n) is 1.85. The van der Waals surface area contributed by atoms with Crippen molar-refractivity contribution < 1.29 is 4.74 Å². The smallest absolute Gasteiger partial charge is 0.0744 e. The highest BCUT2D eigenvalue weighted by Crippen LogP contribution is 2.31. The molecule has 0 N–H and O–H groups in total. The summed E-state index contributed by atoms with van der Waals surface area (Å²) in [6.07, 6.45) is 1.80. The van der Waals surface area contributed by atoms with E-state index in [1.54, 1.807) is 0 Å². The van der Waals surface area contributed by atoms with E-state index in [0.717, 1.165) is 12.6 Å². The molecule has 2 saturated heterocycles. The molecule has 3 unspecified atom stereocenters. The molecule has 52 valence electrons. The van der Waals surface area contributed by atoms with Gasteiger partial charge in [-0.2, -0.15) is 0 Å². The van der Waals surface area contributed by atoms with Crippen LogP contribution in [0.25, 0.3) is 0 Å². The van der Waals surface area contributed by atoms with Gasteiger partial charge in [-0.05, 0) is 20.4 Å². The lowest BCUT2D eigenvalue weighted by molar-refractivity contribution is 0.00432. The second-order valence-electron chi connectivity index (χ2n) is 3.17. The Balaban J connectivity index is 2.15. The molecule has 2 heterocycles. The molecular weight excluding hydrogens is 114 g/mol. The molecule has 2 heteroatoms. The molecule has 3 atom stereocenters. The van der Waals surface area contributed by atoms with Gasteiger partial charge in [0.25, 0.3) is 0 Å². The zero-order valence-corrected chi connectivity index (χ0v) is 6.00. The van der Waals surface area contributed by atoms with Crippen molar-refractivity contribution in [2.24, 2.45) is 0 Å². The minimum atomic E-state index is 0.542. The van der Waals surface area contributed by atoms with Gasteiger partial charge in [0.2, 0.25) is 0 Å². The summed E-state index contributed by atoms with van der Waals surface area (Å²) in [5, 5.41) is 0. The van der Waals surface area contributed by atoms with Crippen molar-refractivity contribution in [3.05, 3.63) is 0 Å². The predicted molar refractivity (Wildman–Crippen MR) is 35.4 cm³/mol. The van der Waals surface area contributed by atoms with E-state index < -0.39 is 0 Å². The molecule has 2 aliphatic rings. The van der Waals surface area contributed by atoms with E-state index in [4.69, 9.17) is 4.74 Å². The van der Waals surface area contributed by atoms with Crippen LogP contribution in [0, 0.1) is 0 Å². The zero-order chi connectivity index (χ0) is 6.43. The van der Waals surface area contributed by atoms with Crippen molar-refractivity contribution in [1.29, 1.82) is 0 Å². The van der Waals surface area contributed by atoms with Crippen LogP contribution in [0.2, 0.25) is 0 Å². The number of ether oxygens (including phenoxy) is 1. The number of likely N-dealkylation sites (tertiary alicyclic amines) is 1. The third kappa shape index (κ3) is 0.634. The minimum absolute atomic E-state index is 0.542. The molecule has 0 aliphatic carbocycles. The zero-order valence-electron chi connectivity index (χ0n) is 6.00. The highest BCUT2D eigenvalue weighted by atomic mass is 16.5. The Labute approximate surface area is 55.8 Å². The van der Waals surface area contributed by atoms with Crippen molar-refractivity contribution in [1.82, 2.24) is 4.90 Å². The van der Waals surface area contributed by atoms with Crippen molar-refractivity contribution in [2.75, 3.05) is 13.7 Å². The predicted octanol–water partition coefficient (Wildman–Crippen LogP) is 0.478. The summed E-state index contributed by atoms with van der Waals surface area (Å²) in [6.45, 7) is 3.20. The SMILES string of the molecule is CC1C2CC(CO2)N1C. The van der Waals surface area contributed by atoms with Crippen LogP contribution in [0.1, 0.15) is 13.3 Å². The second kappa shape index (κ2) is 1.70. The second-order valence-corrected chi connectivity index (χ2v) is 3.17. The summed E-state index contributed by atoms with van der Waals surface area (Å²) >= 11 is 0. The maximum absolute atomic E-state index is 5.49. The summed E-state index contributed by atoms with van der Waals surface area (Å²) in [5.41, 5.74) is 0. The van der Waals surface area contributed by atoms with Gasteiger partial charge in [-0.1, -0.05) is 0 Å². The normalized spacial score (nSPS) is 50.7. The van der Waals surface area contributed by atoms with Crippen LogP contribution in [0.3, 0.4) is 0 Å². The molecule has 0 aromatic heterocycles. The highest BCUT2D eigenvalue weighted by Gasteiger charge is 2.42. The Hall–Kier alpha value is -0.0800. The molecule has 2 fully saturated rings. The van der Waals surface area contributed by atoms with E-state index in [-0.39, 0.29) is 0 Å². The first-order chi connectivity index (χ1) is 4.29. The Bertz CT molecular complexity index is 108. The van der Waals surface area contributed by atoms with Crippen molar-refractivity contribution in [3.63, 3.8) is 0 Å². The number of fused-ring (bicyclic) bond motifs is 2. The standard InChI is InChI=1S/C7H13NO/c1-5-7-3-6(4-9-7)8(5)2/h5-7H,3-4H2,1-2H3. The summed E-state index contributed by atoms with van der Waals surface area (Å²) in [7, 11) is 2.19. The monoisotopic (exact) mass is 127 g/mol. The van der Waals surface area contributed by atoms with Crippen LogP contribution in [-0.2, 0) is 4.74 Å². The molecule has 2 aliphatic heterocycles. The van der Waals surface area contributed by atoms with Crippen molar-refractivity contribution >= 4 is 0 Å². The van der Waals surface area contributed by atoms with Crippen molar-refractivity contribution in [2.45, 2.75) is 31.5 Å². The summed E-state index contributed by atoms with van der Waals surface area (Å²) in [5.74, 6) is 0. The number of hydrogen-bond acceptors (Lipinski definition) is 2. The van der Waals surface area contributed by atoms with E-state index >= 15 is 0 Å². The molecule has 9 heavy (non-hydrogen) atoms. The van der Waals surface area contributed by atoms with Gasteiger partial charge in [-0.25, -0.2) is 0 Å². The molecule has 0 aromatic rings. The summed E-state index contributed by atoms with van der Waals surface area (Å²) < 4.78 is 5.49. The Morgan fingerprint density at radius 1 is 1.56 bits per heavy atom. The van der Waals surface area contributed by atoms with Gasteiger partial charge in [-0.15, -0.1) is 0 Å². The van der Waals surface area contributed by atoms with E-state index in [1.807, 2.05) is 0 Å². The average molecular weight is 127 g/mol.